The van der Waals surface area contributed by atoms with Crippen LogP contribution >= 0.6 is 0 Å². The lowest BCUT2D eigenvalue weighted by molar-refractivity contribution is -0.0107. The zero-order chi connectivity index (χ0) is 19.0. The SMILES string of the molecule is [B][C@@H]1O[C@H](C)C(C)[C@H]1CCCC.[B][C@@H]1O[C@H](C)C(C)[C@H]1OCCOC. The van der Waals surface area contributed by atoms with Crippen LogP contribution in [0.3, 0.4) is 0 Å². The number of methoxy groups -OCH3 is 1. The van der Waals surface area contributed by atoms with Crippen molar-refractivity contribution in [3.63, 3.8) is 0 Å². The minimum absolute atomic E-state index is 0.00477. The molecule has 6 heteroatoms. The second-order valence-electron chi connectivity index (χ2n) is 7.46. The van der Waals surface area contributed by atoms with E-state index < -0.39 is 0 Å². The van der Waals surface area contributed by atoms with Gasteiger partial charge >= 0.3 is 0 Å². The highest BCUT2D eigenvalue weighted by atomic mass is 16.6. The first-order valence-electron chi connectivity index (χ1n) is 9.76. The number of hydrogen-bond acceptors (Lipinski definition) is 4. The molecule has 8 atom stereocenters. The smallest absolute Gasteiger partial charge is 0.112 e. The third-order valence-electron chi connectivity index (χ3n) is 5.65. The summed E-state index contributed by atoms with van der Waals surface area (Å²) >= 11 is 0. The molecule has 0 N–H and O–H groups in total. The zero-order valence-electron chi connectivity index (χ0n) is 16.9. The molecule has 2 rings (SSSR count). The molecule has 2 saturated heterocycles. The molecule has 142 valence electrons. The van der Waals surface area contributed by atoms with Crippen molar-refractivity contribution in [1.29, 1.82) is 0 Å². The summed E-state index contributed by atoms with van der Waals surface area (Å²) in [5, 5.41) is 0. The Morgan fingerprint density at radius 1 is 0.880 bits per heavy atom. The summed E-state index contributed by atoms with van der Waals surface area (Å²) in [4.78, 5) is 0. The second kappa shape index (κ2) is 11.6. The van der Waals surface area contributed by atoms with E-state index in [9.17, 15) is 0 Å². The molecule has 0 spiro atoms. The van der Waals surface area contributed by atoms with E-state index in [2.05, 4.69) is 27.7 Å². The van der Waals surface area contributed by atoms with Crippen LogP contribution in [0.1, 0.15) is 53.9 Å². The standard InChI is InChI=1S/C10H19BO.C9H17BO3/c1-4-5-6-9-7(2)8(3)12-10(9)11;1-6-7(2)13-9(10)8(6)12-5-4-11-3/h7-10H,4-6H2,1-3H3;6-9H,4-5H2,1-3H3/t7?,8-,9-,10-;6?,7-,8-,9-/m11/s1. The summed E-state index contributed by atoms with van der Waals surface area (Å²) in [5.41, 5.74) is 0. The Kier molecular flexibility index (Phi) is 10.7. The molecule has 4 radical (unpaired) electrons. The van der Waals surface area contributed by atoms with E-state index in [1.54, 1.807) is 7.11 Å². The first-order chi connectivity index (χ1) is 11.8. The van der Waals surface area contributed by atoms with Crippen LogP contribution in [0.5, 0.6) is 0 Å². The van der Waals surface area contributed by atoms with Crippen molar-refractivity contribution in [2.45, 2.75) is 84.2 Å². The quantitative estimate of drug-likeness (QED) is 0.523. The predicted octanol–water partition coefficient (Wildman–Crippen LogP) is 2.91. The lowest BCUT2D eigenvalue weighted by Crippen LogP contribution is -2.30. The Balaban J connectivity index is 0.000000251. The second-order valence-corrected chi connectivity index (χ2v) is 7.46. The normalized spacial score (nSPS) is 40.7. The molecular weight excluding hydrogens is 314 g/mol. The van der Waals surface area contributed by atoms with E-state index >= 15 is 0 Å². The van der Waals surface area contributed by atoms with Crippen LogP contribution in [0.4, 0.5) is 0 Å². The molecule has 2 heterocycles. The van der Waals surface area contributed by atoms with Gasteiger partial charge in [0.2, 0.25) is 0 Å². The van der Waals surface area contributed by atoms with E-state index in [1.165, 1.54) is 19.3 Å². The summed E-state index contributed by atoms with van der Waals surface area (Å²) < 4.78 is 21.4. The van der Waals surface area contributed by atoms with E-state index in [1.807, 2.05) is 6.92 Å². The lowest BCUT2D eigenvalue weighted by atomic mass is 9.78. The highest BCUT2D eigenvalue weighted by Gasteiger charge is 2.37. The first-order valence-corrected chi connectivity index (χ1v) is 9.76. The molecule has 2 unspecified atom stereocenters. The van der Waals surface area contributed by atoms with Gasteiger partial charge in [0.1, 0.15) is 15.7 Å². The fourth-order valence-corrected chi connectivity index (χ4v) is 3.52. The molecule has 2 aliphatic rings. The number of ether oxygens (including phenoxy) is 4. The molecule has 0 bridgehead atoms. The van der Waals surface area contributed by atoms with Gasteiger partial charge in [0.05, 0.1) is 31.5 Å². The van der Waals surface area contributed by atoms with Gasteiger partial charge < -0.3 is 18.9 Å². The summed E-state index contributed by atoms with van der Waals surface area (Å²) in [7, 11) is 13.3. The maximum atomic E-state index is 5.88. The zero-order valence-corrected chi connectivity index (χ0v) is 16.9. The average molecular weight is 350 g/mol. The average Bonchev–Trinajstić information content (AvgIpc) is 2.95. The number of rotatable bonds is 7. The van der Waals surface area contributed by atoms with Crippen LogP contribution in [0.25, 0.3) is 0 Å². The largest absolute Gasteiger partial charge is 0.384 e. The Labute approximate surface area is 157 Å². The highest BCUT2D eigenvalue weighted by Crippen LogP contribution is 2.34. The number of hydrogen-bond donors (Lipinski definition) is 0. The fraction of sp³-hybridized carbons (Fsp3) is 1.00. The van der Waals surface area contributed by atoms with Crippen LogP contribution in [-0.2, 0) is 18.9 Å². The van der Waals surface area contributed by atoms with Crippen LogP contribution in [-0.4, -0.2) is 66.3 Å². The molecule has 2 aliphatic heterocycles. The fourth-order valence-electron chi connectivity index (χ4n) is 3.52. The van der Waals surface area contributed by atoms with Crippen molar-refractivity contribution in [3.8, 4) is 0 Å². The Hall–Kier alpha value is -0.0301. The maximum Gasteiger partial charge on any atom is 0.112 e. The van der Waals surface area contributed by atoms with Crippen LogP contribution in [0, 0.1) is 17.8 Å². The lowest BCUT2D eigenvalue weighted by Gasteiger charge is -2.19. The summed E-state index contributed by atoms with van der Waals surface area (Å²) in [6.45, 7) is 11.9. The van der Waals surface area contributed by atoms with E-state index in [-0.39, 0.29) is 24.2 Å². The van der Waals surface area contributed by atoms with Crippen molar-refractivity contribution >= 4 is 15.7 Å². The Bertz CT molecular complexity index is 358. The van der Waals surface area contributed by atoms with E-state index in [4.69, 9.17) is 34.6 Å². The molecule has 0 saturated carbocycles. The topological polar surface area (TPSA) is 36.9 Å². The molecule has 4 nitrogen and oxygen atoms in total. The third-order valence-corrected chi connectivity index (χ3v) is 5.65. The van der Waals surface area contributed by atoms with Gasteiger partial charge in [-0.3, -0.25) is 0 Å². The summed E-state index contributed by atoms with van der Waals surface area (Å²) in [5.74, 6) is 1.57. The van der Waals surface area contributed by atoms with Gasteiger partial charge in [-0.15, -0.1) is 0 Å². The first kappa shape index (κ1) is 23.0. The highest BCUT2D eigenvalue weighted by molar-refractivity contribution is 6.11. The molecule has 0 aromatic carbocycles. The van der Waals surface area contributed by atoms with Crippen molar-refractivity contribution in [1.82, 2.24) is 0 Å². The van der Waals surface area contributed by atoms with Gasteiger partial charge in [0.15, 0.2) is 0 Å². The molecule has 0 aromatic heterocycles. The van der Waals surface area contributed by atoms with Crippen LogP contribution in [0.15, 0.2) is 0 Å². The molecule has 0 aromatic rings. The predicted molar refractivity (Wildman–Crippen MR) is 103 cm³/mol. The summed E-state index contributed by atoms with van der Waals surface area (Å²) in [6.07, 6.45) is 4.29. The molecule has 2 fully saturated rings. The van der Waals surface area contributed by atoms with Gasteiger partial charge in [-0.05, 0) is 32.1 Å². The van der Waals surface area contributed by atoms with Gasteiger partial charge in [-0.1, -0.05) is 33.6 Å². The minimum atomic E-state index is -0.290. The van der Waals surface area contributed by atoms with Crippen LogP contribution in [0.2, 0.25) is 0 Å². The third kappa shape index (κ3) is 6.89. The monoisotopic (exact) mass is 350 g/mol. The van der Waals surface area contributed by atoms with Gasteiger partial charge in [-0.2, -0.15) is 0 Å². The maximum absolute atomic E-state index is 5.88. The molecular formula is C19H36B2O4. The van der Waals surface area contributed by atoms with Gasteiger partial charge in [0.25, 0.3) is 0 Å². The molecule has 0 amide bonds. The molecule has 25 heavy (non-hydrogen) atoms. The van der Waals surface area contributed by atoms with Crippen LogP contribution < -0.4 is 0 Å². The Morgan fingerprint density at radius 2 is 1.48 bits per heavy atom. The molecule has 0 aliphatic carbocycles. The van der Waals surface area contributed by atoms with E-state index in [0.29, 0.717) is 37.1 Å². The van der Waals surface area contributed by atoms with E-state index in [0.717, 1.165) is 0 Å². The van der Waals surface area contributed by atoms with Crippen molar-refractivity contribution in [2.24, 2.45) is 17.8 Å². The summed E-state index contributed by atoms with van der Waals surface area (Å²) in [6, 6.07) is -0.302. The Morgan fingerprint density at radius 3 is 1.92 bits per heavy atom. The van der Waals surface area contributed by atoms with Crippen molar-refractivity contribution < 1.29 is 18.9 Å². The minimum Gasteiger partial charge on any atom is -0.384 e. The van der Waals surface area contributed by atoms with Crippen molar-refractivity contribution in [3.05, 3.63) is 0 Å². The van der Waals surface area contributed by atoms with Gasteiger partial charge in [-0.25, -0.2) is 0 Å². The van der Waals surface area contributed by atoms with Crippen molar-refractivity contribution in [2.75, 3.05) is 20.3 Å². The number of unbranched alkanes of at least 4 members (excludes halogenated alkanes) is 1. The van der Waals surface area contributed by atoms with Gasteiger partial charge in [0, 0.05) is 25.0 Å².